The summed E-state index contributed by atoms with van der Waals surface area (Å²) < 4.78 is 0. The number of nitrogens with one attached hydrogen (secondary N) is 1. The molecular formula is C20H27N3O2. The molecule has 0 aromatic heterocycles. The molecule has 1 saturated heterocycles. The van der Waals surface area contributed by atoms with E-state index < -0.39 is 0 Å². The Morgan fingerprint density at radius 1 is 1.16 bits per heavy atom. The zero-order valence-electron chi connectivity index (χ0n) is 14.9. The van der Waals surface area contributed by atoms with Gasteiger partial charge in [-0.25, -0.2) is 0 Å². The zero-order valence-corrected chi connectivity index (χ0v) is 14.9. The first-order chi connectivity index (χ1) is 12.1. The summed E-state index contributed by atoms with van der Waals surface area (Å²) in [6, 6.07) is 9.18. The summed E-state index contributed by atoms with van der Waals surface area (Å²) in [5.74, 6) is 0.490. The van der Waals surface area contributed by atoms with Crippen LogP contribution in [0.25, 0.3) is 0 Å². The van der Waals surface area contributed by atoms with E-state index in [0.29, 0.717) is 19.0 Å². The number of fused-ring (bicyclic) bond motifs is 1. The van der Waals surface area contributed by atoms with Crippen LogP contribution in [0, 0.1) is 0 Å². The van der Waals surface area contributed by atoms with Gasteiger partial charge in [0.05, 0.1) is 0 Å². The Balaban J connectivity index is 1.29. The Hall–Kier alpha value is -1.88. The van der Waals surface area contributed by atoms with Gasteiger partial charge in [-0.1, -0.05) is 18.2 Å². The minimum absolute atomic E-state index is 0.0746. The molecule has 25 heavy (non-hydrogen) atoms. The number of rotatable bonds is 5. The predicted molar refractivity (Wildman–Crippen MR) is 97.6 cm³/mol. The predicted octanol–water partition coefficient (Wildman–Crippen LogP) is 2.27. The van der Waals surface area contributed by atoms with Crippen molar-refractivity contribution in [2.24, 2.45) is 0 Å². The molecule has 5 nitrogen and oxygen atoms in total. The maximum Gasteiger partial charge on any atom is 0.223 e. The molecule has 1 aromatic rings. The number of amides is 2. The Labute approximate surface area is 149 Å². The summed E-state index contributed by atoms with van der Waals surface area (Å²) in [5.41, 5.74) is 2.21. The highest BCUT2D eigenvalue weighted by atomic mass is 16.2. The number of para-hydroxylation sites is 1. The molecule has 0 bridgehead atoms. The van der Waals surface area contributed by atoms with E-state index in [-0.39, 0.29) is 17.7 Å². The fraction of sp³-hybridized carbons (Fsp3) is 0.600. The van der Waals surface area contributed by atoms with E-state index in [9.17, 15) is 9.59 Å². The third kappa shape index (κ3) is 3.56. The molecule has 2 aliphatic heterocycles. The number of hydrogen-bond donors (Lipinski definition) is 1. The summed E-state index contributed by atoms with van der Waals surface area (Å²) in [7, 11) is 0. The van der Waals surface area contributed by atoms with Gasteiger partial charge in [-0.2, -0.15) is 0 Å². The highest BCUT2D eigenvalue weighted by Crippen LogP contribution is 2.38. The maximum absolute atomic E-state index is 12.4. The molecule has 1 aliphatic carbocycles. The van der Waals surface area contributed by atoms with E-state index in [1.54, 1.807) is 6.92 Å². The molecule has 0 radical (unpaired) electrons. The Bertz CT molecular complexity index is 671. The van der Waals surface area contributed by atoms with Crippen LogP contribution in [0.4, 0.5) is 5.69 Å². The van der Waals surface area contributed by atoms with Gasteiger partial charge in [0.1, 0.15) is 0 Å². The van der Waals surface area contributed by atoms with Crippen molar-refractivity contribution in [1.29, 1.82) is 0 Å². The molecule has 2 heterocycles. The van der Waals surface area contributed by atoms with Crippen molar-refractivity contribution < 1.29 is 9.59 Å². The van der Waals surface area contributed by atoms with Crippen LogP contribution in [-0.4, -0.2) is 48.4 Å². The fourth-order valence-corrected chi connectivity index (χ4v) is 4.32. The normalized spacial score (nSPS) is 25.9. The standard InChI is InChI=1S/C20H27N3O2/c1-14(24)23-12-15(18-4-2-3-5-19(18)23)6-9-20(25)21-16-10-11-22(13-16)17-7-8-17/h2-5,15-17H,6-13H2,1H3,(H,21,25)/t15-,16-/m0/s1. The van der Waals surface area contributed by atoms with Gasteiger partial charge in [-0.05, 0) is 37.3 Å². The van der Waals surface area contributed by atoms with Crippen molar-refractivity contribution in [2.75, 3.05) is 24.5 Å². The summed E-state index contributed by atoms with van der Waals surface area (Å²) in [5, 5.41) is 3.21. The minimum atomic E-state index is 0.0746. The Morgan fingerprint density at radius 2 is 1.96 bits per heavy atom. The molecule has 0 spiro atoms. The minimum Gasteiger partial charge on any atom is -0.352 e. The van der Waals surface area contributed by atoms with E-state index >= 15 is 0 Å². The van der Waals surface area contributed by atoms with Gasteiger partial charge < -0.3 is 10.2 Å². The lowest BCUT2D eigenvalue weighted by molar-refractivity contribution is -0.121. The molecule has 1 aromatic carbocycles. The molecule has 4 rings (SSSR count). The molecule has 1 saturated carbocycles. The largest absolute Gasteiger partial charge is 0.352 e. The summed E-state index contributed by atoms with van der Waals surface area (Å²) >= 11 is 0. The summed E-state index contributed by atoms with van der Waals surface area (Å²) in [6.07, 6.45) is 5.06. The van der Waals surface area contributed by atoms with Crippen molar-refractivity contribution in [3.8, 4) is 0 Å². The molecule has 3 aliphatic rings. The first-order valence-corrected chi connectivity index (χ1v) is 9.52. The summed E-state index contributed by atoms with van der Waals surface area (Å²) in [6.45, 7) is 4.44. The number of carbonyl (C=O) groups is 2. The lowest BCUT2D eigenvalue weighted by Crippen LogP contribution is -2.37. The third-order valence-electron chi connectivity index (χ3n) is 5.82. The van der Waals surface area contributed by atoms with Gasteiger partial charge in [0, 0.05) is 56.7 Å². The lowest BCUT2D eigenvalue weighted by Gasteiger charge is -2.17. The fourth-order valence-electron chi connectivity index (χ4n) is 4.32. The lowest BCUT2D eigenvalue weighted by atomic mass is 9.96. The van der Waals surface area contributed by atoms with Gasteiger partial charge in [0.15, 0.2) is 0 Å². The number of benzene rings is 1. The van der Waals surface area contributed by atoms with Crippen LogP contribution in [-0.2, 0) is 9.59 Å². The highest BCUT2D eigenvalue weighted by Gasteiger charge is 2.35. The van der Waals surface area contributed by atoms with Crippen molar-refractivity contribution in [2.45, 2.75) is 57.0 Å². The van der Waals surface area contributed by atoms with Crippen LogP contribution < -0.4 is 10.2 Å². The van der Waals surface area contributed by atoms with Crippen LogP contribution in [0.2, 0.25) is 0 Å². The van der Waals surface area contributed by atoms with E-state index in [4.69, 9.17) is 0 Å². The van der Waals surface area contributed by atoms with E-state index in [1.165, 1.54) is 18.4 Å². The zero-order chi connectivity index (χ0) is 17.4. The van der Waals surface area contributed by atoms with Gasteiger partial charge in [-0.15, -0.1) is 0 Å². The number of nitrogens with zero attached hydrogens (tertiary/aromatic N) is 2. The topological polar surface area (TPSA) is 52.7 Å². The quantitative estimate of drug-likeness (QED) is 0.894. The first-order valence-electron chi connectivity index (χ1n) is 9.52. The molecule has 2 atom stereocenters. The summed E-state index contributed by atoms with van der Waals surface area (Å²) in [4.78, 5) is 28.6. The SMILES string of the molecule is CC(=O)N1C[C@H](CCC(=O)N[C@H]2CCN(C3CC3)C2)c2ccccc21. The third-order valence-corrected chi connectivity index (χ3v) is 5.82. The van der Waals surface area contributed by atoms with Gasteiger partial charge in [0.2, 0.25) is 11.8 Å². The second-order valence-corrected chi connectivity index (χ2v) is 7.70. The number of carbonyl (C=O) groups excluding carboxylic acids is 2. The van der Waals surface area contributed by atoms with Crippen LogP contribution in [0.1, 0.15) is 50.5 Å². The first kappa shape index (κ1) is 16.6. The highest BCUT2D eigenvalue weighted by molar-refractivity contribution is 5.94. The molecular weight excluding hydrogens is 314 g/mol. The number of likely N-dealkylation sites (tertiary alicyclic amines) is 1. The molecule has 0 unspecified atom stereocenters. The second-order valence-electron chi connectivity index (χ2n) is 7.70. The van der Waals surface area contributed by atoms with E-state index in [0.717, 1.165) is 37.7 Å². The van der Waals surface area contributed by atoms with Crippen LogP contribution in [0.3, 0.4) is 0 Å². The van der Waals surface area contributed by atoms with Crippen molar-refractivity contribution >= 4 is 17.5 Å². The molecule has 1 N–H and O–H groups in total. The van der Waals surface area contributed by atoms with Gasteiger partial charge in [-0.3, -0.25) is 14.5 Å². The average molecular weight is 341 g/mol. The van der Waals surface area contributed by atoms with Crippen LogP contribution >= 0.6 is 0 Å². The molecule has 5 heteroatoms. The van der Waals surface area contributed by atoms with Crippen LogP contribution in [0.15, 0.2) is 24.3 Å². The Kier molecular flexibility index (Phi) is 4.50. The van der Waals surface area contributed by atoms with Gasteiger partial charge in [0.25, 0.3) is 0 Å². The van der Waals surface area contributed by atoms with E-state index in [2.05, 4.69) is 16.3 Å². The van der Waals surface area contributed by atoms with Crippen molar-refractivity contribution in [3.05, 3.63) is 29.8 Å². The monoisotopic (exact) mass is 341 g/mol. The molecule has 2 amide bonds. The Morgan fingerprint density at radius 3 is 2.72 bits per heavy atom. The van der Waals surface area contributed by atoms with Crippen LogP contribution in [0.5, 0.6) is 0 Å². The molecule has 134 valence electrons. The van der Waals surface area contributed by atoms with Crippen molar-refractivity contribution in [3.63, 3.8) is 0 Å². The van der Waals surface area contributed by atoms with Gasteiger partial charge >= 0.3 is 0 Å². The maximum atomic E-state index is 12.4. The second kappa shape index (κ2) is 6.79. The number of anilines is 1. The van der Waals surface area contributed by atoms with E-state index in [1.807, 2.05) is 23.1 Å². The number of hydrogen-bond acceptors (Lipinski definition) is 3. The molecule has 2 fully saturated rings. The van der Waals surface area contributed by atoms with Crippen molar-refractivity contribution in [1.82, 2.24) is 10.2 Å². The smallest absolute Gasteiger partial charge is 0.223 e. The average Bonchev–Trinajstić information content (AvgIpc) is 3.23.